The van der Waals surface area contributed by atoms with Crippen molar-refractivity contribution in [3.05, 3.63) is 0 Å². The maximum atomic E-state index is 11.1. The van der Waals surface area contributed by atoms with E-state index < -0.39 is 5.97 Å². The molecule has 0 radical (unpaired) electrons. The quantitative estimate of drug-likeness (QED) is 0.693. The Kier molecular flexibility index (Phi) is 5.38. The van der Waals surface area contributed by atoms with Gasteiger partial charge in [-0.05, 0) is 36.7 Å². The van der Waals surface area contributed by atoms with Crippen molar-refractivity contribution in [2.75, 3.05) is 11.5 Å². The Bertz CT molecular complexity index is 176. The largest absolute Gasteiger partial charge is 0.481 e. The molecule has 0 aromatic carbocycles. The summed E-state index contributed by atoms with van der Waals surface area (Å²) in [7, 11) is 0. The molecule has 0 saturated heterocycles. The van der Waals surface area contributed by atoms with Gasteiger partial charge in [-0.15, -0.1) is 0 Å². The van der Waals surface area contributed by atoms with E-state index in [4.69, 9.17) is 5.11 Å². The first-order chi connectivity index (χ1) is 6.75. The SMILES string of the molecule is CCSCCC(C(=O)O)C1CCCC1. The topological polar surface area (TPSA) is 37.3 Å². The Labute approximate surface area is 90.5 Å². The molecule has 2 nitrogen and oxygen atoms in total. The summed E-state index contributed by atoms with van der Waals surface area (Å²) in [6, 6.07) is 0. The maximum Gasteiger partial charge on any atom is 0.306 e. The van der Waals surface area contributed by atoms with Crippen molar-refractivity contribution in [1.29, 1.82) is 0 Å². The van der Waals surface area contributed by atoms with Crippen molar-refractivity contribution >= 4 is 17.7 Å². The number of aliphatic carboxylic acids is 1. The number of thioether (sulfide) groups is 1. The third-order valence-corrected chi connectivity index (χ3v) is 4.00. The van der Waals surface area contributed by atoms with Crippen LogP contribution in [0.1, 0.15) is 39.0 Å². The van der Waals surface area contributed by atoms with Gasteiger partial charge >= 0.3 is 5.97 Å². The fraction of sp³-hybridized carbons (Fsp3) is 0.909. The minimum absolute atomic E-state index is 0.0726. The van der Waals surface area contributed by atoms with Gasteiger partial charge in [0.25, 0.3) is 0 Å². The Morgan fingerprint density at radius 2 is 2.14 bits per heavy atom. The summed E-state index contributed by atoms with van der Waals surface area (Å²) in [5.41, 5.74) is 0. The van der Waals surface area contributed by atoms with Gasteiger partial charge in [0.05, 0.1) is 5.92 Å². The van der Waals surface area contributed by atoms with E-state index in [1.54, 1.807) is 0 Å². The van der Waals surface area contributed by atoms with E-state index in [0.717, 1.165) is 30.8 Å². The lowest BCUT2D eigenvalue weighted by molar-refractivity contribution is -0.143. The Balaban J connectivity index is 2.34. The van der Waals surface area contributed by atoms with Crippen LogP contribution in [-0.4, -0.2) is 22.6 Å². The van der Waals surface area contributed by atoms with Gasteiger partial charge < -0.3 is 5.11 Å². The van der Waals surface area contributed by atoms with Gasteiger partial charge in [-0.2, -0.15) is 11.8 Å². The van der Waals surface area contributed by atoms with Crippen LogP contribution in [0.4, 0.5) is 0 Å². The molecule has 1 aliphatic carbocycles. The van der Waals surface area contributed by atoms with Crippen molar-refractivity contribution in [3.63, 3.8) is 0 Å². The van der Waals surface area contributed by atoms with Crippen LogP contribution in [0.5, 0.6) is 0 Å². The van der Waals surface area contributed by atoms with Gasteiger partial charge in [0.2, 0.25) is 0 Å². The molecule has 1 rings (SSSR count). The average Bonchev–Trinajstić information content (AvgIpc) is 2.64. The predicted octanol–water partition coefficient (Wildman–Crippen LogP) is 3.02. The zero-order chi connectivity index (χ0) is 10.4. The molecule has 82 valence electrons. The monoisotopic (exact) mass is 216 g/mol. The molecule has 1 unspecified atom stereocenters. The summed E-state index contributed by atoms with van der Waals surface area (Å²) >= 11 is 1.85. The maximum absolute atomic E-state index is 11.1. The normalized spacial score (nSPS) is 19.8. The van der Waals surface area contributed by atoms with Gasteiger partial charge in [0, 0.05) is 0 Å². The lowest BCUT2D eigenvalue weighted by atomic mass is 9.89. The molecule has 1 fully saturated rings. The highest BCUT2D eigenvalue weighted by Crippen LogP contribution is 2.33. The van der Waals surface area contributed by atoms with E-state index in [9.17, 15) is 4.79 Å². The van der Waals surface area contributed by atoms with E-state index in [0.29, 0.717) is 5.92 Å². The molecule has 0 spiro atoms. The molecule has 0 heterocycles. The van der Waals surface area contributed by atoms with E-state index in [2.05, 4.69) is 6.92 Å². The van der Waals surface area contributed by atoms with Crippen molar-refractivity contribution in [3.8, 4) is 0 Å². The molecule has 1 N–H and O–H groups in total. The highest BCUT2D eigenvalue weighted by Gasteiger charge is 2.29. The number of hydrogen-bond donors (Lipinski definition) is 1. The molecule has 1 aliphatic rings. The van der Waals surface area contributed by atoms with Crippen molar-refractivity contribution in [1.82, 2.24) is 0 Å². The van der Waals surface area contributed by atoms with Crippen LogP contribution in [0, 0.1) is 11.8 Å². The molecule has 0 amide bonds. The first-order valence-corrected chi connectivity index (χ1v) is 6.71. The first kappa shape index (κ1) is 11.9. The fourth-order valence-corrected chi connectivity index (χ4v) is 2.98. The van der Waals surface area contributed by atoms with Crippen LogP contribution in [0.25, 0.3) is 0 Å². The lowest BCUT2D eigenvalue weighted by Crippen LogP contribution is -2.22. The summed E-state index contributed by atoms with van der Waals surface area (Å²) in [6.45, 7) is 2.12. The van der Waals surface area contributed by atoms with Gasteiger partial charge in [0.1, 0.15) is 0 Å². The van der Waals surface area contributed by atoms with Crippen LogP contribution in [0.15, 0.2) is 0 Å². The fourth-order valence-electron chi connectivity index (χ4n) is 2.28. The zero-order valence-electron chi connectivity index (χ0n) is 8.87. The molecule has 1 atom stereocenters. The minimum Gasteiger partial charge on any atom is -0.481 e. The van der Waals surface area contributed by atoms with Crippen LogP contribution in [0.3, 0.4) is 0 Å². The third-order valence-electron chi connectivity index (χ3n) is 3.06. The summed E-state index contributed by atoms with van der Waals surface area (Å²) in [5.74, 6) is 1.91. The van der Waals surface area contributed by atoms with Gasteiger partial charge in [-0.1, -0.05) is 19.8 Å². The van der Waals surface area contributed by atoms with Crippen molar-refractivity contribution in [2.45, 2.75) is 39.0 Å². The second-order valence-electron chi connectivity index (χ2n) is 3.97. The Morgan fingerprint density at radius 3 is 2.64 bits per heavy atom. The standard InChI is InChI=1S/C11H20O2S/c1-2-14-8-7-10(11(12)13)9-5-3-4-6-9/h9-10H,2-8H2,1H3,(H,12,13). The second-order valence-corrected chi connectivity index (χ2v) is 5.37. The lowest BCUT2D eigenvalue weighted by Gasteiger charge is -2.18. The summed E-state index contributed by atoms with van der Waals surface area (Å²) < 4.78 is 0. The smallest absolute Gasteiger partial charge is 0.306 e. The third kappa shape index (κ3) is 3.52. The van der Waals surface area contributed by atoms with Crippen LogP contribution < -0.4 is 0 Å². The van der Waals surface area contributed by atoms with E-state index in [-0.39, 0.29) is 5.92 Å². The number of rotatable bonds is 6. The number of hydrogen-bond acceptors (Lipinski definition) is 2. The summed E-state index contributed by atoms with van der Waals surface area (Å²) in [4.78, 5) is 11.1. The van der Waals surface area contributed by atoms with Crippen molar-refractivity contribution < 1.29 is 9.90 Å². The van der Waals surface area contributed by atoms with Gasteiger partial charge in [0.15, 0.2) is 0 Å². The number of carboxylic acid groups (broad SMARTS) is 1. The van der Waals surface area contributed by atoms with Crippen LogP contribution in [0.2, 0.25) is 0 Å². The predicted molar refractivity (Wildman–Crippen MR) is 60.7 cm³/mol. The molecule has 1 saturated carbocycles. The Hall–Kier alpha value is -0.180. The molecular formula is C11H20O2S. The highest BCUT2D eigenvalue weighted by molar-refractivity contribution is 7.99. The molecule has 0 aliphatic heterocycles. The van der Waals surface area contributed by atoms with Gasteiger partial charge in [-0.25, -0.2) is 0 Å². The van der Waals surface area contributed by atoms with E-state index in [1.165, 1.54) is 12.8 Å². The Morgan fingerprint density at radius 1 is 1.50 bits per heavy atom. The minimum atomic E-state index is -0.575. The highest BCUT2D eigenvalue weighted by atomic mass is 32.2. The second kappa shape index (κ2) is 6.33. The average molecular weight is 216 g/mol. The molecule has 14 heavy (non-hydrogen) atoms. The molecule has 0 bridgehead atoms. The van der Waals surface area contributed by atoms with Crippen LogP contribution >= 0.6 is 11.8 Å². The molecular weight excluding hydrogens is 196 g/mol. The summed E-state index contributed by atoms with van der Waals surface area (Å²) in [5, 5.41) is 9.12. The number of carboxylic acids is 1. The van der Waals surface area contributed by atoms with Crippen molar-refractivity contribution in [2.24, 2.45) is 11.8 Å². The summed E-state index contributed by atoms with van der Waals surface area (Å²) in [6.07, 6.45) is 5.59. The molecule has 3 heteroatoms. The molecule has 0 aromatic rings. The van der Waals surface area contributed by atoms with E-state index >= 15 is 0 Å². The molecule has 0 aromatic heterocycles. The van der Waals surface area contributed by atoms with Gasteiger partial charge in [-0.3, -0.25) is 4.79 Å². The zero-order valence-corrected chi connectivity index (χ0v) is 9.68. The number of carbonyl (C=O) groups is 1. The van der Waals surface area contributed by atoms with E-state index in [1.807, 2.05) is 11.8 Å². The van der Waals surface area contributed by atoms with Crippen LogP contribution in [-0.2, 0) is 4.79 Å². The first-order valence-electron chi connectivity index (χ1n) is 5.56.